The van der Waals surface area contributed by atoms with Gasteiger partial charge in [0.2, 0.25) is 0 Å². The molecular weight excluding hydrogens is 390 g/mol. The lowest BCUT2D eigenvalue weighted by molar-refractivity contribution is -0.118. The number of nitrogens with zero attached hydrogens (tertiary/aromatic N) is 2. The zero-order valence-corrected chi connectivity index (χ0v) is 18.0. The molecule has 2 aromatic rings. The molecule has 1 saturated heterocycles. The maximum absolute atomic E-state index is 12.6. The zero-order valence-electron chi connectivity index (χ0n) is 17.2. The summed E-state index contributed by atoms with van der Waals surface area (Å²) in [7, 11) is 1.58. The Bertz CT molecular complexity index is 851. The third-order valence-corrected chi connectivity index (χ3v) is 5.31. The number of amides is 1. The summed E-state index contributed by atoms with van der Waals surface area (Å²) in [5.41, 5.74) is 2.74. The van der Waals surface area contributed by atoms with E-state index in [0.717, 1.165) is 44.0 Å². The number of hydrogen-bond donors (Lipinski definition) is 1. The molecule has 0 radical (unpaired) electrons. The van der Waals surface area contributed by atoms with Crippen molar-refractivity contribution in [3.8, 4) is 11.5 Å². The molecule has 0 aromatic heterocycles. The van der Waals surface area contributed by atoms with E-state index in [1.54, 1.807) is 19.2 Å². The van der Waals surface area contributed by atoms with Crippen LogP contribution in [-0.2, 0) is 4.79 Å². The van der Waals surface area contributed by atoms with Crippen LogP contribution >= 0.6 is 11.6 Å². The highest BCUT2D eigenvalue weighted by molar-refractivity contribution is 6.31. The highest BCUT2D eigenvalue weighted by Gasteiger charge is 2.19. The first kappa shape index (κ1) is 21.3. The van der Waals surface area contributed by atoms with Crippen molar-refractivity contribution in [1.82, 2.24) is 4.90 Å². The van der Waals surface area contributed by atoms with Crippen molar-refractivity contribution in [1.29, 1.82) is 0 Å². The van der Waals surface area contributed by atoms with Gasteiger partial charge >= 0.3 is 0 Å². The van der Waals surface area contributed by atoms with Gasteiger partial charge in [0.05, 0.1) is 18.5 Å². The van der Waals surface area contributed by atoms with Crippen molar-refractivity contribution in [2.45, 2.75) is 13.8 Å². The fraction of sp³-hybridized carbons (Fsp3) is 0.409. The summed E-state index contributed by atoms with van der Waals surface area (Å²) in [4.78, 5) is 17.2. The monoisotopic (exact) mass is 417 g/mol. The summed E-state index contributed by atoms with van der Waals surface area (Å²) in [5, 5.41) is 3.53. The Morgan fingerprint density at radius 1 is 1.10 bits per heavy atom. The SMILES string of the molecule is CCN1CCN(c2ccc(Cl)cc2NC(=O)COc2ccc(C)cc2OC)CC1. The summed E-state index contributed by atoms with van der Waals surface area (Å²) in [6.45, 7) is 8.91. The molecule has 0 spiro atoms. The van der Waals surface area contributed by atoms with Crippen molar-refractivity contribution in [3.63, 3.8) is 0 Å². The number of ether oxygens (including phenoxy) is 2. The number of carbonyl (C=O) groups excluding carboxylic acids is 1. The highest BCUT2D eigenvalue weighted by Crippen LogP contribution is 2.31. The molecule has 1 amide bonds. The summed E-state index contributed by atoms with van der Waals surface area (Å²) >= 11 is 6.19. The summed E-state index contributed by atoms with van der Waals surface area (Å²) < 4.78 is 11.0. The predicted molar refractivity (Wildman–Crippen MR) is 118 cm³/mol. The Kier molecular flexibility index (Phi) is 7.23. The minimum Gasteiger partial charge on any atom is -0.493 e. The molecule has 3 rings (SSSR count). The molecule has 0 unspecified atom stereocenters. The normalized spacial score (nSPS) is 14.6. The number of rotatable bonds is 7. The van der Waals surface area contributed by atoms with Crippen LogP contribution in [0.15, 0.2) is 36.4 Å². The molecule has 7 heteroatoms. The number of hydrogen-bond acceptors (Lipinski definition) is 5. The van der Waals surface area contributed by atoms with Gasteiger partial charge in [0.15, 0.2) is 18.1 Å². The standard InChI is InChI=1S/C22H28ClN3O3/c1-4-25-9-11-26(12-10-25)19-7-6-17(23)14-18(19)24-22(27)15-29-20-8-5-16(2)13-21(20)28-3/h5-8,13-14H,4,9-12,15H2,1-3H3,(H,24,27). The van der Waals surface area contributed by atoms with Gasteiger partial charge in [-0.15, -0.1) is 0 Å². The average Bonchev–Trinajstić information content (AvgIpc) is 2.73. The lowest BCUT2D eigenvalue weighted by Crippen LogP contribution is -2.46. The fourth-order valence-corrected chi connectivity index (χ4v) is 3.58. The number of piperazine rings is 1. The lowest BCUT2D eigenvalue weighted by Gasteiger charge is -2.36. The summed E-state index contributed by atoms with van der Waals surface area (Å²) in [6, 6.07) is 11.2. The number of benzene rings is 2. The maximum atomic E-state index is 12.6. The molecule has 0 bridgehead atoms. The van der Waals surface area contributed by atoms with Gasteiger partial charge in [-0.3, -0.25) is 4.79 Å². The van der Waals surface area contributed by atoms with Crippen LogP contribution in [0, 0.1) is 6.92 Å². The Balaban J connectivity index is 1.66. The van der Waals surface area contributed by atoms with E-state index in [9.17, 15) is 4.79 Å². The largest absolute Gasteiger partial charge is 0.493 e. The van der Waals surface area contributed by atoms with Crippen LogP contribution in [0.1, 0.15) is 12.5 Å². The van der Waals surface area contributed by atoms with E-state index >= 15 is 0 Å². The number of anilines is 2. The minimum atomic E-state index is -0.247. The maximum Gasteiger partial charge on any atom is 0.262 e. The number of carbonyl (C=O) groups is 1. The molecule has 29 heavy (non-hydrogen) atoms. The first-order chi connectivity index (χ1) is 14.0. The van der Waals surface area contributed by atoms with Gasteiger partial charge in [-0.05, 0) is 49.4 Å². The molecule has 1 heterocycles. The average molecular weight is 418 g/mol. The molecule has 1 aliphatic heterocycles. The Hall–Kier alpha value is -2.44. The number of aryl methyl sites for hydroxylation is 1. The van der Waals surface area contributed by atoms with Crippen molar-refractivity contribution >= 4 is 28.9 Å². The topological polar surface area (TPSA) is 54.0 Å². The predicted octanol–water partition coefficient (Wildman–Crippen LogP) is 3.82. The van der Waals surface area contributed by atoms with E-state index in [4.69, 9.17) is 21.1 Å². The van der Waals surface area contributed by atoms with E-state index in [-0.39, 0.29) is 12.5 Å². The van der Waals surface area contributed by atoms with Crippen LogP contribution in [0.25, 0.3) is 0 Å². The van der Waals surface area contributed by atoms with Crippen LogP contribution in [0.5, 0.6) is 11.5 Å². The molecule has 1 aliphatic rings. The van der Waals surface area contributed by atoms with Crippen LogP contribution < -0.4 is 19.7 Å². The molecule has 1 N–H and O–H groups in total. The van der Waals surface area contributed by atoms with Gasteiger partial charge in [-0.2, -0.15) is 0 Å². The van der Waals surface area contributed by atoms with Crippen molar-refractivity contribution in [3.05, 3.63) is 47.0 Å². The molecular formula is C22H28ClN3O3. The molecule has 156 valence electrons. The van der Waals surface area contributed by atoms with Crippen molar-refractivity contribution < 1.29 is 14.3 Å². The van der Waals surface area contributed by atoms with Crippen LogP contribution in [0.4, 0.5) is 11.4 Å². The highest BCUT2D eigenvalue weighted by atomic mass is 35.5. The van der Waals surface area contributed by atoms with Crippen molar-refractivity contribution in [2.75, 3.05) is 56.7 Å². The van der Waals surface area contributed by atoms with E-state index in [0.29, 0.717) is 22.2 Å². The second kappa shape index (κ2) is 9.85. The van der Waals surface area contributed by atoms with Crippen LogP contribution in [-0.4, -0.2) is 57.2 Å². The quantitative estimate of drug-likeness (QED) is 0.742. The van der Waals surface area contributed by atoms with Gasteiger partial charge in [-0.25, -0.2) is 0 Å². The van der Waals surface area contributed by atoms with Gasteiger partial charge in [0.1, 0.15) is 0 Å². The summed E-state index contributed by atoms with van der Waals surface area (Å²) in [6.07, 6.45) is 0. The zero-order chi connectivity index (χ0) is 20.8. The number of nitrogens with one attached hydrogen (secondary N) is 1. The Morgan fingerprint density at radius 3 is 2.55 bits per heavy atom. The first-order valence-corrected chi connectivity index (χ1v) is 10.2. The van der Waals surface area contributed by atoms with E-state index < -0.39 is 0 Å². The Morgan fingerprint density at radius 2 is 1.86 bits per heavy atom. The summed E-state index contributed by atoms with van der Waals surface area (Å²) in [5.74, 6) is 0.897. The van der Waals surface area contributed by atoms with E-state index in [1.165, 1.54) is 0 Å². The molecule has 6 nitrogen and oxygen atoms in total. The third kappa shape index (κ3) is 5.55. The molecule has 1 fully saturated rings. The third-order valence-electron chi connectivity index (χ3n) is 5.07. The minimum absolute atomic E-state index is 0.116. The number of likely N-dealkylation sites (N-methyl/N-ethyl adjacent to an activating group) is 1. The second-order valence-corrected chi connectivity index (χ2v) is 7.51. The van der Waals surface area contributed by atoms with Crippen LogP contribution in [0.2, 0.25) is 5.02 Å². The second-order valence-electron chi connectivity index (χ2n) is 7.07. The van der Waals surface area contributed by atoms with Gasteiger partial charge in [-0.1, -0.05) is 24.6 Å². The number of methoxy groups -OCH3 is 1. The molecule has 0 atom stereocenters. The Labute approximate surface area is 177 Å². The van der Waals surface area contributed by atoms with E-state index in [2.05, 4.69) is 22.0 Å². The van der Waals surface area contributed by atoms with Crippen molar-refractivity contribution in [2.24, 2.45) is 0 Å². The number of halogens is 1. The molecule has 2 aromatic carbocycles. The molecule has 0 aliphatic carbocycles. The van der Waals surface area contributed by atoms with E-state index in [1.807, 2.05) is 31.2 Å². The van der Waals surface area contributed by atoms with Crippen LogP contribution in [0.3, 0.4) is 0 Å². The molecule has 0 saturated carbocycles. The van der Waals surface area contributed by atoms with Gasteiger partial charge < -0.3 is 24.6 Å². The lowest BCUT2D eigenvalue weighted by atomic mass is 10.2. The fourth-order valence-electron chi connectivity index (χ4n) is 3.41. The first-order valence-electron chi connectivity index (χ1n) is 9.84. The van der Waals surface area contributed by atoms with Gasteiger partial charge in [0.25, 0.3) is 5.91 Å². The smallest absolute Gasteiger partial charge is 0.262 e. The van der Waals surface area contributed by atoms with Gasteiger partial charge in [0, 0.05) is 31.2 Å².